The van der Waals surface area contributed by atoms with Gasteiger partial charge in [0.25, 0.3) is 0 Å². The minimum Gasteiger partial charge on any atom is -0.454 e. The van der Waals surface area contributed by atoms with E-state index in [0.717, 1.165) is 47.0 Å². The van der Waals surface area contributed by atoms with Crippen molar-refractivity contribution in [1.29, 1.82) is 0 Å². The lowest BCUT2D eigenvalue weighted by Gasteiger charge is -2.14. The number of aromatic amines is 2. The van der Waals surface area contributed by atoms with Gasteiger partial charge in [-0.1, -0.05) is 55.3 Å². The molecule has 10 nitrogen and oxygen atoms in total. The van der Waals surface area contributed by atoms with Crippen molar-refractivity contribution in [2.75, 3.05) is 10.6 Å². The third-order valence-electron chi connectivity index (χ3n) is 6.80. The fraction of sp³-hybridized carbons (Fsp3) is 0.161. The van der Waals surface area contributed by atoms with E-state index in [1.54, 1.807) is 29.1 Å². The Bertz CT molecular complexity index is 1920. The highest BCUT2D eigenvalue weighted by molar-refractivity contribution is 6.07. The second-order valence-electron chi connectivity index (χ2n) is 9.82. The molecule has 0 bridgehead atoms. The van der Waals surface area contributed by atoms with Gasteiger partial charge in [0.05, 0.1) is 17.1 Å². The number of benzene rings is 3. The number of aromatic nitrogens is 5. The molecule has 0 atom stereocenters. The van der Waals surface area contributed by atoms with E-state index in [1.807, 2.05) is 61.5 Å². The summed E-state index contributed by atoms with van der Waals surface area (Å²) in [7, 11) is 0. The van der Waals surface area contributed by atoms with Crippen molar-refractivity contribution in [3.8, 4) is 17.2 Å². The van der Waals surface area contributed by atoms with E-state index >= 15 is 0 Å². The zero-order chi connectivity index (χ0) is 28.3. The van der Waals surface area contributed by atoms with Gasteiger partial charge in [-0.25, -0.2) is 19.3 Å². The third-order valence-corrected chi connectivity index (χ3v) is 6.80. The number of aryl methyl sites for hydroxylation is 2. The van der Waals surface area contributed by atoms with E-state index in [-0.39, 0.29) is 11.7 Å². The topological polar surface area (TPSA) is 130 Å². The molecule has 0 saturated heterocycles. The van der Waals surface area contributed by atoms with E-state index in [2.05, 4.69) is 32.5 Å². The summed E-state index contributed by atoms with van der Waals surface area (Å²) in [6.07, 6.45) is 4.47. The van der Waals surface area contributed by atoms with Crippen LogP contribution in [-0.4, -0.2) is 30.8 Å². The van der Waals surface area contributed by atoms with Crippen molar-refractivity contribution in [3.63, 3.8) is 0 Å². The highest BCUT2D eigenvalue weighted by Crippen LogP contribution is 2.36. The number of urea groups is 1. The molecule has 6 aromatic rings. The minimum absolute atomic E-state index is 0.361. The number of H-pyrrole nitrogens is 2. The Morgan fingerprint density at radius 1 is 0.951 bits per heavy atom. The first-order valence-electron chi connectivity index (χ1n) is 13.5. The number of amides is 2. The van der Waals surface area contributed by atoms with Gasteiger partial charge in [-0.05, 0) is 44.0 Å². The number of hydrogen-bond acceptors (Lipinski definition) is 5. The van der Waals surface area contributed by atoms with Gasteiger partial charge in [0, 0.05) is 29.1 Å². The zero-order valence-corrected chi connectivity index (χ0v) is 22.7. The molecule has 0 saturated carbocycles. The van der Waals surface area contributed by atoms with Gasteiger partial charge in [0.1, 0.15) is 17.1 Å². The Morgan fingerprint density at radius 3 is 2.56 bits per heavy atom. The Hall–Kier alpha value is -5.38. The van der Waals surface area contributed by atoms with Gasteiger partial charge in [-0.3, -0.25) is 10.3 Å². The first kappa shape index (κ1) is 25.9. The number of fused-ring (bicyclic) bond motifs is 2. The van der Waals surface area contributed by atoms with Crippen molar-refractivity contribution < 1.29 is 9.53 Å². The number of hydrogen-bond donors (Lipinski definition) is 4. The van der Waals surface area contributed by atoms with E-state index in [9.17, 15) is 9.59 Å². The summed E-state index contributed by atoms with van der Waals surface area (Å²) in [4.78, 5) is 34.6. The number of carbonyl (C=O) groups is 1. The summed E-state index contributed by atoms with van der Waals surface area (Å²) < 4.78 is 7.98. The molecule has 3 aromatic carbocycles. The van der Waals surface area contributed by atoms with Gasteiger partial charge in [-0.2, -0.15) is 5.10 Å². The van der Waals surface area contributed by atoms with E-state index in [4.69, 9.17) is 9.84 Å². The predicted molar refractivity (Wildman–Crippen MR) is 160 cm³/mol. The Labute approximate surface area is 235 Å². The first-order chi connectivity index (χ1) is 20.0. The maximum Gasteiger partial charge on any atom is 0.325 e. The van der Waals surface area contributed by atoms with Crippen molar-refractivity contribution in [2.24, 2.45) is 0 Å². The fourth-order valence-electron chi connectivity index (χ4n) is 4.74. The maximum atomic E-state index is 13.3. The lowest BCUT2D eigenvalue weighted by atomic mass is 10.1. The van der Waals surface area contributed by atoms with Crippen LogP contribution >= 0.6 is 0 Å². The molecule has 0 fully saturated rings. The Kier molecular flexibility index (Phi) is 6.95. The van der Waals surface area contributed by atoms with Crippen molar-refractivity contribution >= 4 is 39.5 Å². The molecule has 0 aliphatic rings. The molecule has 206 valence electrons. The molecule has 0 unspecified atom stereocenters. The lowest BCUT2D eigenvalue weighted by Crippen LogP contribution is -2.21. The number of rotatable bonds is 8. The Balaban J connectivity index is 1.27. The van der Waals surface area contributed by atoms with Gasteiger partial charge in [0.2, 0.25) is 0 Å². The van der Waals surface area contributed by atoms with E-state index in [1.165, 1.54) is 0 Å². The monoisotopic (exact) mass is 547 g/mol. The zero-order valence-electron chi connectivity index (χ0n) is 22.7. The summed E-state index contributed by atoms with van der Waals surface area (Å²) in [5.41, 5.74) is 4.08. The highest BCUT2D eigenvalue weighted by atomic mass is 16.5. The molecule has 10 heteroatoms. The number of unbranched alkanes of at least 4 members (excludes halogenated alkanes) is 1. The van der Waals surface area contributed by atoms with Crippen molar-refractivity contribution in [3.05, 3.63) is 101 Å². The quantitative estimate of drug-likeness (QED) is 0.169. The molecule has 0 aliphatic heterocycles. The van der Waals surface area contributed by atoms with Crippen LogP contribution in [-0.2, 0) is 6.42 Å². The first-order valence-corrected chi connectivity index (χ1v) is 13.5. The Morgan fingerprint density at radius 2 is 1.76 bits per heavy atom. The van der Waals surface area contributed by atoms with Crippen LogP contribution in [0, 0.1) is 6.92 Å². The third kappa shape index (κ3) is 5.40. The molecular weight excluding hydrogens is 518 g/mol. The molecule has 41 heavy (non-hydrogen) atoms. The number of ether oxygens (including phenoxy) is 1. The average Bonchev–Trinajstić information content (AvgIpc) is 3.56. The van der Waals surface area contributed by atoms with Gasteiger partial charge < -0.3 is 15.0 Å². The van der Waals surface area contributed by atoms with Crippen LogP contribution in [0.2, 0.25) is 0 Å². The van der Waals surface area contributed by atoms with Gasteiger partial charge >= 0.3 is 11.7 Å². The van der Waals surface area contributed by atoms with Gasteiger partial charge in [-0.15, -0.1) is 0 Å². The van der Waals surface area contributed by atoms with Crippen LogP contribution in [0.1, 0.15) is 31.0 Å². The number of nitrogens with one attached hydrogen (secondary N) is 4. The molecule has 6 rings (SSSR count). The van der Waals surface area contributed by atoms with Crippen LogP contribution in [0.4, 0.5) is 16.3 Å². The van der Waals surface area contributed by atoms with E-state index in [0.29, 0.717) is 34.2 Å². The smallest absolute Gasteiger partial charge is 0.325 e. The van der Waals surface area contributed by atoms with Crippen molar-refractivity contribution in [1.82, 2.24) is 24.7 Å². The molecular formula is C31H29N7O3. The number of imidazole rings is 1. The summed E-state index contributed by atoms with van der Waals surface area (Å²) in [5, 5.41) is 12.3. The highest BCUT2D eigenvalue weighted by Gasteiger charge is 2.16. The molecule has 0 spiro atoms. The molecule has 4 N–H and O–H groups in total. The van der Waals surface area contributed by atoms with Crippen LogP contribution in [0.3, 0.4) is 0 Å². The average molecular weight is 548 g/mol. The summed E-state index contributed by atoms with van der Waals surface area (Å²) in [5.74, 6) is 1.61. The van der Waals surface area contributed by atoms with Crippen molar-refractivity contribution in [2.45, 2.75) is 33.1 Å². The predicted octanol–water partition coefficient (Wildman–Crippen LogP) is 6.68. The minimum atomic E-state index is -0.389. The SMILES string of the molecule is CCCCc1cc(NC(=O)Nc2ccc(Oc3ccnc4[nH]c(=O)[nH]c34)c3ccccc23)n(-c2ccc(C)cc2)n1. The largest absolute Gasteiger partial charge is 0.454 e. The number of pyridine rings is 1. The summed E-state index contributed by atoms with van der Waals surface area (Å²) >= 11 is 0. The molecule has 3 heterocycles. The number of nitrogens with zero attached hydrogens (tertiary/aromatic N) is 3. The van der Waals surface area contributed by atoms with Crippen LogP contribution in [0.25, 0.3) is 27.6 Å². The normalized spacial score (nSPS) is 11.2. The summed E-state index contributed by atoms with van der Waals surface area (Å²) in [6.45, 7) is 4.17. The standard InChI is InChI=1S/C31H29N7O3/c1-3-4-7-20-18-27(38(37-20)21-12-10-19(2)11-13-21)34-30(39)33-24-14-15-25(23-9-6-5-8-22(23)24)41-26-16-17-32-29-28(26)35-31(40)36-29/h5-6,8-18H,3-4,7H2,1-2H3,(H2,33,34,39)(H2,32,35,36,40). The van der Waals surface area contributed by atoms with Crippen LogP contribution in [0.5, 0.6) is 11.5 Å². The summed E-state index contributed by atoms with van der Waals surface area (Å²) in [6, 6.07) is 22.4. The van der Waals surface area contributed by atoms with Crippen LogP contribution < -0.4 is 21.1 Å². The molecule has 0 aliphatic carbocycles. The van der Waals surface area contributed by atoms with Gasteiger partial charge in [0.15, 0.2) is 11.4 Å². The fourth-order valence-corrected chi connectivity index (χ4v) is 4.74. The number of carbonyl (C=O) groups excluding carboxylic acids is 1. The maximum absolute atomic E-state index is 13.3. The lowest BCUT2D eigenvalue weighted by molar-refractivity contribution is 0.262. The second-order valence-corrected chi connectivity index (χ2v) is 9.82. The van der Waals surface area contributed by atoms with E-state index < -0.39 is 0 Å². The molecule has 3 aromatic heterocycles. The second kappa shape index (κ2) is 11.0. The van der Waals surface area contributed by atoms with Crippen LogP contribution in [0.15, 0.2) is 83.8 Å². The molecule has 0 radical (unpaired) electrons. The number of anilines is 2. The molecule has 2 amide bonds.